The van der Waals surface area contributed by atoms with Crippen LogP contribution in [0.15, 0.2) is 30.3 Å². The van der Waals surface area contributed by atoms with Gasteiger partial charge in [0.2, 0.25) is 0 Å². The lowest BCUT2D eigenvalue weighted by molar-refractivity contribution is 0.0470. The average molecular weight is 318 g/mol. The van der Waals surface area contributed by atoms with Crippen molar-refractivity contribution in [2.75, 3.05) is 13.1 Å². The summed E-state index contributed by atoms with van der Waals surface area (Å²) in [5, 5.41) is 6.51. The number of carbonyl (C=O) groups is 1. The van der Waals surface area contributed by atoms with Gasteiger partial charge in [-0.25, -0.2) is 4.79 Å². The van der Waals surface area contributed by atoms with Crippen LogP contribution >= 0.6 is 0 Å². The molecule has 1 aliphatic heterocycles. The molecule has 1 fully saturated rings. The maximum Gasteiger partial charge on any atom is 0.408 e. The first-order valence-corrected chi connectivity index (χ1v) is 8.62. The van der Waals surface area contributed by atoms with Gasteiger partial charge in [-0.2, -0.15) is 0 Å². The van der Waals surface area contributed by atoms with Crippen LogP contribution in [-0.2, 0) is 4.74 Å². The fourth-order valence-corrected chi connectivity index (χ4v) is 3.26. The van der Waals surface area contributed by atoms with Crippen molar-refractivity contribution in [1.29, 1.82) is 0 Å². The molecule has 2 atom stereocenters. The Morgan fingerprint density at radius 3 is 2.39 bits per heavy atom. The Balaban J connectivity index is 2.13. The Bertz CT molecular complexity index is 490. The minimum absolute atomic E-state index is 0.0193. The van der Waals surface area contributed by atoms with Crippen LogP contribution in [0.3, 0.4) is 0 Å². The normalized spacial score (nSPS) is 19.0. The van der Waals surface area contributed by atoms with E-state index in [9.17, 15) is 4.79 Å². The highest BCUT2D eigenvalue weighted by molar-refractivity contribution is 5.68. The van der Waals surface area contributed by atoms with E-state index >= 15 is 0 Å². The van der Waals surface area contributed by atoms with Gasteiger partial charge in [0.1, 0.15) is 5.60 Å². The first kappa shape index (κ1) is 17.8. The second kappa shape index (κ2) is 7.82. The molecule has 2 unspecified atom stereocenters. The number of hydrogen-bond acceptors (Lipinski definition) is 3. The van der Waals surface area contributed by atoms with Gasteiger partial charge in [0.05, 0.1) is 6.04 Å². The van der Waals surface area contributed by atoms with Crippen molar-refractivity contribution in [3.8, 4) is 0 Å². The van der Waals surface area contributed by atoms with Crippen LogP contribution in [0.1, 0.15) is 52.1 Å². The summed E-state index contributed by atoms with van der Waals surface area (Å²) in [4.78, 5) is 12.3. The van der Waals surface area contributed by atoms with Crippen molar-refractivity contribution in [3.05, 3.63) is 35.9 Å². The lowest BCUT2D eigenvalue weighted by Gasteiger charge is -2.35. The molecule has 0 aromatic heterocycles. The van der Waals surface area contributed by atoms with Crippen molar-refractivity contribution in [2.24, 2.45) is 11.8 Å². The summed E-state index contributed by atoms with van der Waals surface area (Å²) in [5.74, 6) is 0.975. The third-order valence-electron chi connectivity index (χ3n) is 4.48. The van der Waals surface area contributed by atoms with E-state index in [1.54, 1.807) is 0 Å². The van der Waals surface area contributed by atoms with Crippen LogP contribution in [0.5, 0.6) is 0 Å². The second-order valence-corrected chi connectivity index (χ2v) is 7.48. The molecule has 0 radical (unpaired) electrons. The van der Waals surface area contributed by atoms with Crippen molar-refractivity contribution < 1.29 is 9.53 Å². The fraction of sp³-hybridized carbons (Fsp3) is 0.632. The van der Waals surface area contributed by atoms with E-state index in [2.05, 4.69) is 29.7 Å². The number of ether oxygens (including phenoxy) is 1. The van der Waals surface area contributed by atoms with Gasteiger partial charge in [-0.1, -0.05) is 37.3 Å². The summed E-state index contributed by atoms with van der Waals surface area (Å²) in [6, 6.07) is 10.2. The Morgan fingerprint density at radius 1 is 1.22 bits per heavy atom. The predicted octanol–water partition coefficient (Wildman–Crippen LogP) is 3.89. The van der Waals surface area contributed by atoms with E-state index in [1.165, 1.54) is 0 Å². The Labute approximate surface area is 140 Å². The number of carbonyl (C=O) groups excluding carboxylic acids is 1. The van der Waals surface area contributed by atoms with Crippen molar-refractivity contribution >= 4 is 6.09 Å². The van der Waals surface area contributed by atoms with Gasteiger partial charge in [-0.15, -0.1) is 0 Å². The lowest BCUT2D eigenvalue weighted by Crippen LogP contribution is -2.41. The zero-order valence-corrected chi connectivity index (χ0v) is 14.8. The number of benzene rings is 1. The molecule has 1 aromatic rings. The van der Waals surface area contributed by atoms with E-state index in [-0.39, 0.29) is 12.1 Å². The molecule has 0 aliphatic carbocycles. The van der Waals surface area contributed by atoms with E-state index in [1.807, 2.05) is 39.0 Å². The summed E-state index contributed by atoms with van der Waals surface area (Å²) < 4.78 is 5.46. The molecule has 4 nitrogen and oxygen atoms in total. The predicted molar refractivity (Wildman–Crippen MR) is 93.3 cm³/mol. The van der Waals surface area contributed by atoms with Crippen molar-refractivity contribution in [3.63, 3.8) is 0 Å². The molecule has 2 N–H and O–H groups in total. The molecule has 1 heterocycles. The largest absolute Gasteiger partial charge is 0.444 e. The fourth-order valence-electron chi connectivity index (χ4n) is 3.26. The molecule has 4 heteroatoms. The summed E-state index contributed by atoms with van der Waals surface area (Å²) in [6.45, 7) is 10.0. The highest BCUT2D eigenvalue weighted by Crippen LogP contribution is 2.33. The molecule has 1 aliphatic rings. The van der Waals surface area contributed by atoms with Crippen LogP contribution in [-0.4, -0.2) is 24.8 Å². The van der Waals surface area contributed by atoms with Gasteiger partial charge in [-0.05, 0) is 64.1 Å². The lowest BCUT2D eigenvalue weighted by atomic mass is 9.79. The van der Waals surface area contributed by atoms with E-state index in [0.29, 0.717) is 11.8 Å². The van der Waals surface area contributed by atoms with Crippen molar-refractivity contribution in [1.82, 2.24) is 10.6 Å². The van der Waals surface area contributed by atoms with Gasteiger partial charge in [0.25, 0.3) is 0 Å². The molecule has 2 rings (SSSR count). The molecule has 1 saturated heterocycles. The SMILES string of the molecule is CC(C1CCNCC1)C(NC(=O)OC(C)(C)C)c1ccccc1. The molecule has 0 saturated carbocycles. The first-order valence-electron chi connectivity index (χ1n) is 8.62. The smallest absolute Gasteiger partial charge is 0.408 e. The van der Waals surface area contributed by atoms with Crippen LogP contribution in [0, 0.1) is 11.8 Å². The summed E-state index contributed by atoms with van der Waals surface area (Å²) >= 11 is 0. The monoisotopic (exact) mass is 318 g/mol. The number of hydrogen-bond donors (Lipinski definition) is 2. The van der Waals surface area contributed by atoms with E-state index in [0.717, 1.165) is 31.5 Å². The zero-order valence-electron chi connectivity index (χ0n) is 14.8. The third-order valence-corrected chi connectivity index (χ3v) is 4.48. The summed E-state index contributed by atoms with van der Waals surface area (Å²) in [6.07, 6.45) is 1.97. The van der Waals surface area contributed by atoms with Crippen LogP contribution in [0.4, 0.5) is 4.79 Å². The maximum atomic E-state index is 12.3. The molecule has 1 amide bonds. The van der Waals surface area contributed by atoms with Gasteiger partial charge >= 0.3 is 6.09 Å². The molecule has 0 bridgehead atoms. The summed E-state index contributed by atoms with van der Waals surface area (Å²) in [5.41, 5.74) is 0.660. The molecular weight excluding hydrogens is 288 g/mol. The van der Waals surface area contributed by atoms with Gasteiger partial charge < -0.3 is 15.4 Å². The molecule has 0 spiro atoms. The highest BCUT2D eigenvalue weighted by Gasteiger charge is 2.30. The minimum atomic E-state index is -0.483. The molecule has 23 heavy (non-hydrogen) atoms. The molecular formula is C19H30N2O2. The average Bonchev–Trinajstić information content (AvgIpc) is 2.52. The topological polar surface area (TPSA) is 50.4 Å². The Kier molecular flexibility index (Phi) is 6.05. The maximum absolute atomic E-state index is 12.3. The summed E-state index contributed by atoms with van der Waals surface area (Å²) in [7, 11) is 0. The number of alkyl carbamates (subject to hydrolysis) is 1. The van der Waals surface area contributed by atoms with Gasteiger partial charge in [0.15, 0.2) is 0 Å². The van der Waals surface area contributed by atoms with Gasteiger partial charge in [-0.3, -0.25) is 0 Å². The van der Waals surface area contributed by atoms with E-state index < -0.39 is 5.60 Å². The van der Waals surface area contributed by atoms with Crippen LogP contribution in [0.25, 0.3) is 0 Å². The quantitative estimate of drug-likeness (QED) is 0.885. The second-order valence-electron chi connectivity index (χ2n) is 7.48. The Hall–Kier alpha value is -1.55. The minimum Gasteiger partial charge on any atom is -0.444 e. The highest BCUT2D eigenvalue weighted by atomic mass is 16.6. The standard InChI is InChI=1S/C19H30N2O2/c1-14(15-10-12-20-13-11-15)17(16-8-6-5-7-9-16)21-18(22)23-19(2,3)4/h5-9,14-15,17,20H,10-13H2,1-4H3,(H,21,22). The number of rotatable bonds is 4. The number of nitrogens with one attached hydrogen (secondary N) is 2. The number of piperidine rings is 1. The first-order chi connectivity index (χ1) is 10.9. The zero-order chi connectivity index (χ0) is 16.9. The van der Waals surface area contributed by atoms with E-state index in [4.69, 9.17) is 4.74 Å². The van der Waals surface area contributed by atoms with Crippen LogP contribution in [0.2, 0.25) is 0 Å². The van der Waals surface area contributed by atoms with Gasteiger partial charge in [0, 0.05) is 0 Å². The number of amides is 1. The molecule has 1 aromatic carbocycles. The van der Waals surface area contributed by atoms with Crippen LogP contribution < -0.4 is 10.6 Å². The van der Waals surface area contributed by atoms with Crippen molar-refractivity contribution in [2.45, 2.75) is 52.2 Å². The third kappa shape index (κ3) is 5.54. The molecule has 128 valence electrons. The Morgan fingerprint density at radius 2 is 1.83 bits per heavy atom.